The van der Waals surface area contributed by atoms with Gasteiger partial charge in [0.2, 0.25) is 5.91 Å². The lowest BCUT2D eigenvalue weighted by molar-refractivity contribution is -0.123. The smallest absolute Gasteiger partial charge is 0.267 e. The molecule has 0 atom stereocenters. The minimum Gasteiger partial charge on any atom is -0.326 e. The highest BCUT2D eigenvalue weighted by Crippen LogP contribution is 2.50. The second-order valence-corrected chi connectivity index (χ2v) is 9.37. The van der Waals surface area contributed by atoms with Crippen LogP contribution >= 0.6 is 11.6 Å². The molecule has 3 aromatic rings. The fourth-order valence-electron chi connectivity index (χ4n) is 5.35. The number of hydrogen-bond acceptors (Lipinski definition) is 4. The second kappa shape index (κ2) is 10.2. The van der Waals surface area contributed by atoms with E-state index in [0.717, 1.165) is 60.1 Å². The van der Waals surface area contributed by atoms with Gasteiger partial charge in [0.25, 0.3) is 6.71 Å². The molecule has 8 heteroatoms. The summed E-state index contributed by atoms with van der Waals surface area (Å²) < 4.78 is 2.22. The molecule has 2 aliphatic heterocycles. The van der Waals surface area contributed by atoms with Crippen LogP contribution in [0.3, 0.4) is 0 Å². The molecular weight excluding hydrogens is 445 g/mol. The van der Waals surface area contributed by atoms with Crippen LogP contribution in [0.4, 0.5) is 5.69 Å². The predicted molar refractivity (Wildman–Crippen MR) is 138 cm³/mol. The number of nitrogens with zero attached hydrogens (tertiary/aromatic N) is 5. The number of nitriles is 1. The highest BCUT2D eigenvalue weighted by Gasteiger charge is 2.52. The van der Waals surface area contributed by atoms with E-state index < -0.39 is 5.41 Å². The lowest BCUT2D eigenvalue weighted by Crippen LogP contribution is -2.44. The number of halogens is 1. The van der Waals surface area contributed by atoms with Crippen LogP contribution in [0.2, 0.25) is 17.7 Å². The Balaban J connectivity index is 0.00000133. The molecule has 0 bridgehead atoms. The van der Waals surface area contributed by atoms with Gasteiger partial charge in [0, 0.05) is 23.7 Å². The Morgan fingerprint density at radius 1 is 1.24 bits per heavy atom. The molecule has 0 N–H and O–H groups in total. The third-order valence-electron chi connectivity index (χ3n) is 7.11. The largest absolute Gasteiger partial charge is 0.326 e. The van der Waals surface area contributed by atoms with Gasteiger partial charge in [-0.3, -0.25) is 9.78 Å². The number of fused-ring (bicyclic) bond motifs is 3. The summed E-state index contributed by atoms with van der Waals surface area (Å²) in [6, 6.07) is 7.77. The molecule has 176 valence electrons. The molecule has 1 spiro atoms. The molecule has 0 aliphatic carbocycles. The molecule has 4 heterocycles. The van der Waals surface area contributed by atoms with Crippen molar-refractivity contribution in [2.75, 3.05) is 4.90 Å². The van der Waals surface area contributed by atoms with Gasteiger partial charge in [0.1, 0.15) is 5.82 Å². The van der Waals surface area contributed by atoms with Gasteiger partial charge in [-0.25, -0.2) is 10.2 Å². The molecule has 6 nitrogen and oxygen atoms in total. The summed E-state index contributed by atoms with van der Waals surface area (Å²) in [5.74, 6) is 3.36. The fraction of sp³-hybridized carbons (Fsp3) is 0.462. The third-order valence-corrected chi connectivity index (χ3v) is 7.34. The number of carbonyl (C=O) groups excluding carboxylic acids is 1. The van der Waals surface area contributed by atoms with Crippen LogP contribution in [0.15, 0.2) is 36.7 Å². The van der Waals surface area contributed by atoms with Crippen molar-refractivity contribution >= 4 is 40.9 Å². The Labute approximate surface area is 207 Å². The minimum absolute atomic E-state index is 0.0377. The monoisotopic (exact) mass is 475 g/mol. The summed E-state index contributed by atoms with van der Waals surface area (Å²) >= 11 is 6.22. The predicted octanol–water partition coefficient (Wildman–Crippen LogP) is 6.05. The Morgan fingerprint density at radius 3 is 2.71 bits per heavy atom. The Kier molecular flexibility index (Phi) is 7.28. The van der Waals surface area contributed by atoms with Crippen LogP contribution in [0.1, 0.15) is 57.8 Å². The zero-order chi connectivity index (χ0) is 24.3. The van der Waals surface area contributed by atoms with Crippen molar-refractivity contribution in [3.63, 3.8) is 0 Å². The van der Waals surface area contributed by atoms with E-state index in [0.29, 0.717) is 24.4 Å². The Morgan fingerprint density at radius 2 is 2.00 bits per heavy atom. The van der Waals surface area contributed by atoms with Crippen LogP contribution in [0.5, 0.6) is 0 Å². The number of amides is 1. The first-order valence-electron chi connectivity index (χ1n) is 12.4. The topological polar surface area (TPSA) is 74.8 Å². The number of aromatic nitrogens is 3. The van der Waals surface area contributed by atoms with Gasteiger partial charge in [0.05, 0.1) is 34.9 Å². The van der Waals surface area contributed by atoms with Crippen LogP contribution in [0, 0.1) is 11.2 Å². The SMILES string of the molecule is CC.CCCCn1c(CN2C(=O)C3(CCB(C#N)CC3)c3ccncc32)nc2cc(Cl)ccc21. The van der Waals surface area contributed by atoms with Gasteiger partial charge in [-0.2, -0.15) is 0 Å². The summed E-state index contributed by atoms with van der Waals surface area (Å²) in [5, 5.41) is 10.0. The molecule has 0 unspecified atom stereocenters. The molecule has 1 aromatic carbocycles. The van der Waals surface area contributed by atoms with E-state index in [9.17, 15) is 10.1 Å². The highest BCUT2D eigenvalue weighted by atomic mass is 35.5. The van der Waals surface area contributed by atoms with E-state index in [2.05, 4.69) is 22.4 Å². The molecule has 1 saturated heterocycles. The van der Waals surface area contributed by atoms with Gasteiger partial charge < -0.3 is 9.47 Å². The van der Waals surface area contributed by atoms with E-state index in [-0.39, 0.29) is 12.6 Å². The summed E-state index contributed by atoms with van der Waals surface area (Å²) in [7, 11) is 0. The highest BCUT2D eigenvalue weighted by molar-refractivity contribution is 6.67. The Hall–Kier alpha value is -2.85. The minimum atomic E-state index is -0.546. The number of pyridine rings is 1. The maximum atomic E-state index is 13.9. The van der Waals surface area contributed by atoms with Crippen molar-refractivity contribution in [1.29, 1.82) is 5.26 Å². The van der Waals surface area contributed by atoms with Crippen LogP contribution in [-0.2, 0) is 23.3 Å². The maximum Gasteiger partial charge on any atom is 0.267 e. The first kappa shape index (κ1) is 24.3. The maximum absolute atomic E-state index is 13.9. The molecule has 0 radical (unpaired) electrons. The summed E-state index contributed by atoms with van der Waals surface area (Å²) in [5.41, 5.74) is 3.27. The van der Waals surface area contributed by atoms with Gasteiger partial charge in [-0.15, -0.1) is 0 Å². The third kappa shape index (κ3) is 4.09. The number of rotatable bonds is 5. The zero-order valence-electron chi connectivity index (χ0n) is 20.2. The molecule has 5 rings (SSSR count). The van der Waals surface area contributed by atoms with Gasteiger partial charge >= 0.3 is 0 Å². The average molecular weight is 476 g/mol. The van der Waals surface area contributed by atoms with E-state index in [4.69, 9.17) is 16.6 Å². The zero-order valence-corrected chi connectivity index (χ0v) is 21.0. The number of hydrogen-bond donors (Lipinski definition) is 0. The van der Waals surface area contributed by atoms with Crippen molar-refractivity contribution in [1.82, 2.24) is 14.5 Å². The van der Waals surface area contributed by atoms with Crippen molar-refractivity contribution in [3.05, 3.63) is 53.1 Å². The molecule has 2 aliphatic rings. The molecule has 0 saturated carbocycles. The van der Waals surface area contributed by atoms with Crippen molar-refractivity contribution in [2.45, 2.75) is 77.6 Å². The van der Waals surface area contributed by atoms with Crippen LogP contribution < -0.4 is 4.90 Å². The number of unbranched alkanes of at least 4 members (excludes halogenated alkanes) is 1. The van der Waals surface area contributed by atoms with Gasteiger partial charge in [0.15, 0.2) is 0 Å². The van der Waals surface area contributed by atoms with E-state index in [1.54, 1.807) is 12.4 Å². The fourth-order valence-corrected chi connectivity index (χ4v) is 5.52. The molecule has 1 fully saturated rings. The number of imidazole rings is 1. The first-order chi connectivity index (χ1) is 16.6. The van der Waals surface area contributed by atoms with Crippen molar-refractivity contribution < 1.29 is 4.79 Å². The number of anilines is 1. The standard InChI is InChI=1S/C24H25BClN5O.C2H6/c1-2-3-12-30-20-5-4-17(26)13-19(20)29-22(30)15-31-21-14-28-11-6-18(21)24(23(31)32)7-9-25(16-27)10-8-24;1-2/h4-6,11,13-14H,2-3,7-10,12,15H2,1H3;1-2H3. The summed E-state index contributed by atoms with van der Waals surface area (Å²) in [6.45, 7) is 7.46. The number of carbonyl (C=O) groups is 1. The van der Waals surface area contributed by atoms with Crippen molar-refractivity contribution in [3.8, 4) is 5.97 Å². The summed E-state index contributed by atoms with van der Waals surface area (Å²) in [6.07, 6.45) is 8.61. The van der Waals surface area contributed by atoms with E-state index >= 15 is 0 Å². The molecule has 1 amide bonds. The van der Waals surface area contributed by atoms with Crippen LogP contribution in [-0.4, -0.2) is 27.2 Å². The second-order valence-electron chi connectivity index (χ2n) is 8.94. The van der Waals surface area contributed by atoms with Crippen LogP contribution in [0.25, 0.3) is 11.0 Å². The van der Waals surface area contributed by atoms with Gasteiger partial charge in [-0.05, 0) is 49.1 Å². The summed E-state index contributed by atoms with van der Waals surface area (Å²) in [4.78, 5) is 25.0. The normalized spacial score (nSPS) is 16.4. The van der Waals surface area contributed by atoms with E-state index in [1.807, 2.05) is 43.0 Å². The van der Waals surface area contributed by atoms with Crippen molar-refractivity contribution in [2.24, 2.45) is 0 Å². The van der Waals surface area contributed by atoms with Gasteiger partial charge in [-0.1, -0.05) is 51.4 Å². The van der Waals surface area contributed by atoms with E-state index in [1.165, 1.54) is 0 Å². The molecule has 2 aromatic heterocycles. The lowest BCUT2D eigenvalue weighted by Gasteiger charge is -2.33. The molecule has 34 heavy (non-hydrogen) atoms. The first-order valence-corrected chi connectivity index (χ1v) is 12.8. The average Bonchev–Trinajstić information content (AvgIpc) is 3.32. The quantitative estimate of drug-likeness (QED) is 0.421. The lowest BCUT2D eigenvalue weighted by atomic mass is 9.39. The molecular formula is C26H31BClN5O. The number of aryl methyl sites for hydroxylation is 1. The Bertz CT molecular complexity index is 1230. The number of benzene rings is 1.